The second kappa shape index (κ2) is 6.50. The summed E-state index contributed by atoms with van der Waals surface area (Å²) in [5.41, 5.74) is 2.13. The Balaban J connectivity index is 1.79. The number of amides is 1. The smallest absolute Gasteiger partial charge is 0.257 e. The molecule has 2 aromatic rings. The van der Waals surface area contributed by atoms with E-state index in [-0.39, 0.29) is 11.7 Å². The number of nitrogens with zero attached hydrogens (tertiary/aromatic N) is 3. The molecule has 1 N–H and O–H groups in total. The monoisotopic (exact) mass is 316 g/mol. The highest BCUT2D eigenvalue weighted by molar-refractivity contribution is 5.95. The molecule has 1 saturated heterocycles. The standard InChI is InChI=1S/C17H21FN4O/c1-12-16(17(23)21-8-7-13(11-21)9-19-2)10-20-22(12)15-5-3-14(18)4-6-15/h3-6,10,13,19H,7-9,11H2,1-2H3. The molecule has 6 heteroatoms. The first-order chi connectivity index (χ1) is 11.1. The second-order valence-corrected chi connectivity index (χ2v) is 6.00. The van der Waals surface area contributed by atoms with Crippen molar-refractivity contribution >= 4 is 5.91 Å². The third kappa shape index (κ3) is 3.12. The maximum Gasteiger partial charge on any atom is 0.257 e. The number of benzene rings is 1. The first-order valence-electron chi connectivity index (χ1n) is 7.84. The topological polar surface area (TPSA) is 50.2 Å². The number of hydrogen-bond donors (Lipinski definition) is 1. The molecule has 1 unspecified atom stereocenters. The lowest BCUT2D eigenvalue weighted by Crippen LogP contribution is -2.30. The van der Waals surface area contributed by atoms with Gasteiger partial charge in [-0.1, -0.05) is 0 Å². The Morgan fingerprint density at radius 1 is 1.39 bits per heavy atom. The van der Waals surface area contributed by atoms with Crippen molar-refractivity contribution in [1.29, 1.82) is 0 Å². The Kier molecular flexibility index (Phi) is 4.43. The number of nitrogens with one attached hydrogen (secondary N) is 1. The molecule has 1 aromatic heterocycles. The first-order valence-corrected chi connectivity index (χ1v) is 7.84. The van der Waals surface area contributed by atoms with Gasteiger partial charge >= 0.3 is 0 Å². The minimum absolute atomic E-state index is 0.0227. The molecule has 3 rings (SSSR count). The molecule has 0 aliphatic carbocycles. The predicted octanol–water partition coefficient (Wildman–Crippen LogP) is 2.00. The van der Waals surface area contributed by atoms with E-state index < -0.39 is 0 Å². The van der Waals surface area contributed by atoms with Crippen molar-refractivity contribution < 1.29 is 9.18 Å². The van der Waals surface area contributed by atoms with Crippen LogP contribution in [0.3, 0.4) is 0 Å². The van der Waals surface area contributed by atoms with Crippen LogP contribution in [0.4, 0.5) is 4.39 Å². The summed E-state index contributed by atoms with van der Waals surface area (Å²) < 4.78 is 14.7. The molecule has 1 aliphatic rings. The summed E-state index contributed by atoms with van der Waals surface area (Å²) in [6, 6.07) is 6.09. The van der Waals surface area contributed by atoms with Crippen LogP contribution in [0.15, 0.2) is 30.5 Å². The highest BCUT2D eigenvalue weighted by atomic mass is 19.1. The average Bonchev–Trinajstić information content (AvgIpc) is 3.15. The fourth-order valence-electron chi connectivity index (χ4n) is 3.10. The minimum Gasteiger partial charge on any atom is -0.338 e. The Labute approximate surface area is 135 Å². The SMILES string of the molecule is CNCC1CCN(C(=O)c2cnn(-c3ccc(F)cc3)c2C)C1. The van der Waals surface area contributed by atoms with E-state index in [1.807, 2.05) is 18.9 Å². The van der Waals surface area contributed by atoms with Gasteiger partial charge in [0.25, 0.3) is 5.91 Å². The molecule has 2 heterocycles. The zero-order chi connectivity index (χ0) is 16.4. The number of halogens is 1. The third-order valence-corrected chi connectivity index (χ3v) is 4.38. The van der Waals surface area contributed by atoms with E-state index in [1.165, 1.54) is 12.1 Å². The summed E-state index contributed by atoms with van der Waals surface area (Å²) >= 11 is 0. The highest BCUT2D eigenvalue weighted by Gasteiger charge is 2.28. The predicted molar refractivity (Wildman–Crippen MR) is 86.2 cm³/mol. The van der Waals surface area contributed by atoms with Crippen LogP contribution in [0.1, 0.15) is 22.5 Å². The number of hydrogen-bond acceptors (Lipinski definition) is 3. The van der Waals surface area contributed by atoms with Gasteiger partial charge in [0.15, 0.2) is 0 Å². The lowest BCUT2D eigenvalue weighted by Gasteiger charge is -2.16. The minimum atomic E-state index is -0.289. The largest absolute Gasteiger partial charge is 0.338 e. The van der Waals surface area contributed by atoms with Gasteiger partial charge in [0.1, 0.15) is 5.82 Å². The van der Waals surface area contributed by atoms with Crippen molar-refractivity contribution in [3.8, 4) is 5.69 Å². The highest BCUT2D eigenvalue weighted by Crippen LogP contribution is 2.21. The van der Waals surface area contributed by atoms with Gasteiger partial charge in [-0.05, 0) is 57.1 Å². The summed E-state index contributed by atoms with van der Waals surface area (Å²) in [6.45, 7) is 4.36. The fourth-order valence-corrected chi connectivity index (χ4v) is 3.10. The van der Waals surface area contributed by atoms with Crippen molar-refractivity contribution in [2.45, 2.75) is 13.3 Å². The lowest BCUT2D eigenvalue weighted by molar-refractivity contribution is 0.0786. The molecule has 122 valence electrons. The second-order valence-electron chi connectivity index (χ2n) is 6.00. The molecule has 0 bridgehead atoms. The maximum absolute atomic E-state index is 13.0. The summed E-state index contributed by atoms with van der Waals surface area (Å²) in [5.74, 6) is 0.244. The molecule has 1 atom stereocenters. The van der Waals surface area contributed by atoms with Crippen molar-refractivity contribution in [2.24, 2.45) is 5.92 Å². The molecule has 1 aromatic carbocycles. The van der Waals surface area contributed by atoms with Gasteiger partial charge in [0.05, 0.1) is 23.1 Å². The quantitative estimate of drug-likeness (QED) is 0.938. The van der Waals surface area contributed by atoms with Crippen LogP contribution in [0, 0.1) is 18.7 Å². The van der Waals surface area contributed by atoms with Gasteiger partial charge in [-0.15, -0.1) is 0 Å². The van der Waals surface area contributed by atoms with E-state index in [0.717, 1.165) is 37.4 Å². The van der Waals surface area contributed by atoms with Gasteiger partial charge in [0.2, 0.25) is 0 Å². The zero-order valence-electron chi connectivity index (χ0n) is 13.4. The number of rotatable bonds is 4. The van der Waals surface area contributed by atoms with Gasteiger partial charge in [-0.25, -0.2) is 9.07 Å². The van der Waals surface area contributed by atoms with Crippen molar-refractivity contribution in [3.63, 3.8) is 0 Å². The third-order valence-electron chi connectivity index (χ3n) is 4.38. The van der Waals surface area contributed by atoms with Gasteiger partial charge in [0, 0.05) is 13.1 Å². The number of carbonyl (C=O) groups is 1. The lowest BCUT2D eigenvalue weighted by atomic mass is 10.1. The molecule has 1 aliphatic heterocycles. The Morgan fingerprint density at radius 2 is 2.13 bits per heavy atom. The van der Waals surface area contributed by atoms with Crippen molar-refractivity contribution in [2.75, 3.05) is 26.7 Å². The maximum atomic E-state index is 13.0. The van der Waals surface area contributed by atoms with Gasteiger partial charge in [-0.2, -0.15) is 5.10 Å². The summed E-state index contributed by atoms with van der Waals surface area (Å²) in [4.78, 5) is 14.6. The Hall–Kier alpha value is -2.21. The van der Waals surface area contributed by atoms with Crippen LogP contribution in [0.2, 0.25) is 0 Å². The van der Waals surface area contributed by atoms with E-state index in [2.05, 4.69) is 10.4 Å². The summed E-state index contributed by atoms with van der Waals surface area (Å²) in [5, 5.41) is 7.46. The number of aromatic nitrogens is 2. The van der Waals surface area contributed by atoms with Crippen LogP contribution in [0.5, 0.6) is 0 Å². The molecule has 1 amide bonds. The van der Waals surface area contributed by atoms with Gasteiger partial charge in [-0.3, -0.25) is 4.79 Å². The normalized spacial score (nSPS) is 17.7. The average molecular weight is 316 g/mol. The molecule has 23 heavy (non-hydrogen) atoms. The zero-order valence-corrected chi connectivity index (χ0v) is 13.4. The van der Waals surface area contributed by atoms with E-state index >= 15 is 0 Å². The van der Waals surface area contributed by atoms with Crippen LogP contribution >= 0.6 is 0 Å². The van der Waals surface area contributed by atoms with Crippen LogP contribution in [0.25, 0.3) is 5.69 Å². The molecule has 0 radical (unpaired) electrons. The molecule has 1 fully saturated rings. The van der Waals surface area contributed by atoms with Gasteiger partial charge < -0.3 is 10.2 Å². The molecule has 0 saturated carbocycles. The first kappa shape index (κ1) is 15.7. The van der Waals surface area contributed by atoms with E-state index in [1.54, 1.807) is 23.0 Å². The van der Waals surface area contributed by atoms with E-state index in [4.69, 9.17) is 0 Å². The molecular weight excluding hydrogens is 295 g/mol. The molecule has 0 spiro atoms. The fraction of sp³-hybridized carbons (Fsp3) is 0.412. The summed E-state index contributed by atoms with van der Waals surface area (Å²) in [6.07, 6.45) is 2.63. The number of likely N-dealkylation sites (tertiary alicyclic amines) is 1. The molecule has 5 nitrogen and oxygen atoms in total. The van der Waals surface area contributed by atoms with Crippen LogP contribution in [-0.2, 0) is 0 Å². The van der Waals surface area contributed by atoms with Crippen molar-refractivity contribution in [3.05, 3.63) is 47.5 Å². The molecular formula is C17H21FN4O. The van der Waals surface area contributed by atoms with Crippen LogP contribution in [-0.4, -0.2) is 47.3 Å². The summed E-state index contributed by atoms with van der Waals surface area (Å²) in [7, 11) is 1.93. The Bertz CT molecular complexity index is 695. The van der Waals surface area contributed by atoms with E-state index in [9.17, 15) is 9.18 Å². The van der Waals surface area contributed by atoms with E-state index in [0.29, 0.717) is 11.5 Å². The Morgan fingerprint density at radius 3 is 2.83 bits per heavy atom. The van der Waals surface area contributed by atoms with Crippen molar-refractivity contribution in [1.82, 2.24) is 20.0 Å². The van der Waals surface area contributed by atoms with Crippen LogP contribution < -0.4 is 5.32 Å². The number of carbonyl (C=O) groups excluding carboxylic acids is 1.